The van der Waals surface area contributed by atoms with Crippen molar-refractivity contribution in [2.75, 3.05) is 45.8 Å². The summed E-state index contributed by atoms with van der Waals surface area (Å²) in [5.41, 5.74) is 0. The van der Waals surface area contributed by atoms with E-state index in [1.54, 1.807) is 0 Å². The molecule has 92 valence electrons. The van der Waals surface area contributed by atoms with Crippen LogP contribution in [0.3, 0.4) is 0 Å². The van der Waals surface area contributed by atoms with Gasteiger partial charge in [-0.2, -0.15) is 0 Å². The average Bonchev–Trinajstić information content (AvgIpc) is 2.61. The Kier molecular flexibility index (Phi) is 4.01. The lowest BCUT2D eigenvalue weighted by molar-refractivity contribution is 0.102. The van der Waals surface area contributed by atoms with Crippen LogP contribution in [0.4, 0.5) is 4.79 Å². The molecule has 1 amide bonds. The minimum absolute atomic E-state index is 0.0668. The predicted octanol–water partition coefficient (Wildman–Crippen LogP) is 0.122. The molecule has 1 unspecified atom stereocenters. The van der Waals surface area contributed by atoms with Crippen molar-refractivity contribution in [1.82, 2.24) is 15.1 Å². The topological polar surface area (TPSA) is 44.8 Å². The van der Waals surface area contributed by atoms with Crippen LogP contribution in [0.25, 0.3) is 0 Å². The first-order valence-corrected chi connectivity index (χ1v) is 6.18. The van der Waals surface area contributed by atoms with E-state index in [0.717, 1.165) is 52.2 Å². The molecule has 1 atom stereocenters. The van der Waals surface area contributed by atoms with Crippen LogP contribution >= 0.6 is 0 Å². The highest BCUT2D eigenvalue weighted by molar-refractivity contribution is 5.69. The summed E-state index contributed by atoms with van der Waals surface area (Å²) in [4.78, 5) is 15.7. The minimum atomic E-state index is -0.137. The second-order valence-corrected chi connectivity index (χ2v) is 4.50. The third-order valence-corrected chi connectivity index (χ3v) is 3.11. The maximum Gasteiger partial charge on any atom is 0.410 e. The fourth-order valence-electron chi connectivity index (χ4n) is 2.30. The highest BCUT2D eigenvalue weighted by atomic mass is 16.6. The van der Waals surface area contributed by atoms with Crippen LogP contribution in [0.15, 0.2) is 0 Å². The normalized spacial score (nSPS) is 27.2. The van der Waals surface area contributed by atoms with Crippen LogP contribution in [0.2, 0.25) is 0 Å². The Morgan fingerprint density at radius 3 is 2.88 bits per heavy atom. The van der Waals surface area contributed by atoms with E-state index in [9.17, 15) is 4.79 Å². The van der Waals surface area contributed by atoms with E-state index >= 15 is 0 Å². The van der Waals surface area contributed by atoms with Gasteiger partial charge < -0.3 is 15.0 Å². The zero-order valence-electron chi connectivity index (χ0n) is 9.95. The molecule has 1 N–H and O–H groups in total. The Morgan fingerprint density at radius 1 is 1.44 bits per heavy atom. The lowest BCUT2D eigenvalue weighted by Gasteiger charge is -2.28. The zero-order valence-corrected chi connectivity index (χ0v) is 9.95. The number of hydrogen-bond donors (Lipinski definition) is 1. The molecule has 5 nitrogen and oxygen atoms in total. The Morgan fingerprint density at radius 2 is 2.19 bits per heavy atom. The third kappa shape index (κ3) is 2.86. The fraction of sp³-hybridized carbons (Fsp3) is 0.909. The van der Waals surface area contributed by atoms with Crippen molar-refractivity contribution in [3.8, 4) is 0 Å². The van der Waals surface area contributed by atoms with E-state index in [-0.39, 0.29) is 12.2 Å². The Hall–Kier alpha value is -0.810. The Labute approximate surface area is 96.7 Å². The molecule has 0 aromatic heterocycles. The van der Waals surface area contributed by atoms with Crippen LogP contribution in [0.1, 0.15) is 13.3 Å². The Balaban J connectivity index is 1.76. The van der Waals surface area contributed by atoms with Crippen molar-refractivity contribution in [2.45, 2.75) is 19.4 Å². The summed E-state index contributed by atoms with van der Waals surface area (Å²) < 4.78 is 5.35. The molecule has 2 aliphatic heterocycles. The molecular formula is C11H21N3O2. The van der Waals surface area contributed by atoms with Gasteiger partial charge in [0.05, 0.1) is 6.54 Å². The van der Waals surface area contributed by atoms with Gasteiger partial charge >= 0.3 is 6.09 Å². The van der Waals surface area contributed by atoms with Crippen molar-refractivity contribution in [3.05, 3.63) is 0 Å². The summed E-state index contributed by atoms with van der Waals surface area (Å²) in [6.07, 6.45) is 0.925. The average molecular weight is 227 g/mol. The molecule has 0 aliphatic carbocycles. The summed E-state index contributed by atoms with van der Waals surface area (Å²) in [5, 5.41) is 3.32. The highest BCUT2D eigenvalue weighted by Gasteiger charge is 2.31. The van der Waals surface area contributed by atoms with Gasteiger partial charge in [-0.25, -0.2) is 4.79 Å². The van der Waals surface area contributed by atoms with Crippen molar-refractivity contribution < 1.29 is 9.53 Å². The molecule has 0 spiro atoms. The smallest absolute Gasteiger partial charge is 0.410 e. The number of carbonyl (C=O) groups is 1. The van der Waals surface area contributed by atoms with Crippen molar-refractivity contribution >= 4 is 6.09 Å². The summed E-state index contributed by atoms with van der Waals surface area (Å²) in [6.45, 7) is 8.74. The molecule has 2 rings (SSSR count). The van der Waals surface area contributed by atoms with Gasteiger partial charge in [0.15, 0.2) is 0 Å². The number of carbonyl (C=O) groups excluding carboxylic acids is 1. The first-order chi connectivity index (χ1) is 7.79. The van der Waals surface area contributed by atoms with Gasteiger partial charge in [0.25, 0.3) is 0 Å². The molecule has 0 bridgehead atoms. The standard InChI is InChI=1S/C11H21N3O2/c1-2-5-14-9-10(16-11(14)15)8-13-6-3-12-4-7-13/h10,12H,2-9H2,1H3. The van der Waals surface area contributed by atoms with Gasteiger partial charge in [0.2, 0.25) is 0 Å². The number of cyclic esters (lactones) is 1. The van der Waals surface area contributed by atoms with Gasteiger partial charge in [-0.3, -0.25) is 4.90 Å². The highest BCUT2D eigenvalue weighted by Crippen LogP contribution is 2.13. The second-order valence-electron chi connectivity index (χ2n) is 4.50. The first kappa shape index (κ1) is 11.7. The van der Waals surface area contributed by atoms with E-state index in [1.807, 2.05) is 4.90 Å². The van der Waals surface area contributed by atoms with Crippen molar-refractivity contribution in [1.29, 1.82) is 0 Å². The molecule has 2 saturated heterocycles. The van der Waals surface area contributed by atoms with Gasteiger partial charge in [0.1, 0.15) is 6.10 Å². The third-order valence-electron chi connectivity index (χ3n) is 3.11. The molecule has 16 heavy (non-hydrogen) atoms. The van der Waals surface area contributed by atoms with E-state index < -0.39 is 0 Å². The lowest BCUT2D eigenvalue weighted by atomic mass is 10.2. The number of amides is 1. The van der Waals surface area contributed by atoms with Crippen LogP contribution in [0, 0.1) is 0 Å². The van der Waals surface area contributed by atoms with Gasteiger partial charge in [-0.15, -0.1) is 0 Å². The van der Waals surface area contributed by atoms with Gasteiger partial charge in [-0.05, 0) is 6.42 Å². The quantitative estimate of drug-likeness (QED) is 0.741. The summed E-state index contributed by atoms with van der Waals surface area (Å²) in [7, 11) is 0. The maximum absolute atomic E-state index is 11.5. The fourth-order valence-corrected chi connectivity index (χ4v) is 2.30. The molecular weight excluding hydrogens is 206 g/mol. The Bertz CT molecular complexity index is 241. The SMILES string of the molecule is CCCN1CC(CN2CCNCC2)OC1=O. The zero-order chi connectivity index (χ0) is 11.4. The molecule has 2 heterocycles. The molecule has 5 heteroatoms. The summed E-state index contributed by atoms with van der Waals surface area (Å²) in [6, 6.07) is 0. The monoisotopic (exact) mass is 227 g/mol. The largest absolute Gasteiger partial charge is 0.443 e. The van der Waals surface area contributed by atoms with E-state index in [4.69, 9.17) is 4.74 Å². The number of hydrogen-bond acceptors (Lipinski definition) is 4. The number of nitrogens with zero attached hydrogens (tertiary/aromatic N) is 2. The van der Waals surface area contributed by atoms with Crippen molar-refractivity contribution in [2.24, 2.45) is 0 Å². The van der Waals surface area contributed by atoms with Crippen molar-refractivity contribution in [3.63, 3.8) is 0 Å². The number of rotatable bonds is 4. The van der Waals surface area contributed by atoms with Crippen LogP contribution in [-0.4, -0.2) is 67.8 Å². The predicted molar refractivity (Wildman–Crippen MR) is 61.4 cm³/mol. The molecule has 0 aromatic rings. The summed E-state index contributed by atoms with van der Waals surface area (Å²) >= 11 is 0. The second kappa shape index (κ2) is 5.50. The molecule has 2 fully saturated rings. The number of nitrogens with one attached hydrogen (secondary N) is 1. The van der Waals surface area contributed by atoms with Crippen LogP contribution in [-0.2, 0) is 4.74 Å². The van der Waals surface area contributed by atoms with Crippen LogP contribution in [0.5, 0.6) is 0 Å². The molecule has 2 aliphatic rings. The number of piperazine rings is 1. The van der Waals surface area contributed by atoms with E-state index in [1.165, 1.54) is 0 Å². The first-order valence-electron chi connectivity index (χ1n) is 6.18. The van der Waals surface area contributed by atoms with Gasteiger partial charge in [0, 0.05) is 39.3 Å². The lowest BCUT2D eigenvalue weighted by Crippen LogP contribution is -2.46. The van der Waals surface area contributed by atoms with E-state index in [2.05, 4.69) is 17.1 Å². The molecule has 0 saturated carbocycles. The molecule has 0 aromatic carbocycles. The minimum Gasteiger partial charge on any atom is -0.443 e. The number of ether oxygens (including phenoxy) is 1. The molecule has 0 radical (unpaired) electrons. The maximum atomic E-state index is 11.5. The summed E-state index contributed by atoms with van der Waals surface area (Å²) in [5.74, 6) is 0. The van der Waals surface area contributed by atoms with E-state index in [0.29, 0.717) is 0 Å². The van der Waals surface area contributed by atoms with Crippen LogP contribution < -0.4 is 5.32 Å². The van der Waals surface area contributed by atoms with Gasteiger partial charge in [-0.1, -0.05) is 6.92 Å².